The van der Waals surface area contributed by atoms with E-state index in [1.165, 1.54) is 16.6 Å². The topological polar surface area (TPSA) is 27.8 Å². The van der Waals surface area contributed by atoms with Crippen LogP contribution in [0.15, 0.2) is 28.7 Å². The predicted octanol–water partition coefficient (Wildman–Crippen LogP) is 3.08. The summed E-state index contributed by atoms with van der Waals surface area (Å²) in [4.78, 5) is 3.43. The lowest BCUT2D eigenvalue weighted by Crippen LogP contribution is -2.23. The maximum atomic E-state index is 3.47. The van der Waals surface area contributed by atoms with Gasteiger partial charge < -0.3 is 10.3 Å². The Bertz CT molecular complexity index is 462. The van der Waals surface area contributed by atoms with Gasteiger partial charge in [-0.1, -0.05) is 22.0 Å². The maximum Gasteiger partial charge on any atom is 0.0467 e. The minimum Gasteiger partial charge on any atom is -0.358 e. The van der Waals surface area contributed by atoms with Gasteiger partial charge in [0.1, 0.15) is 0 Å². The van der Waals surface area contributed by atoms with Gasteiger partial charge in [-0.15, -0.1) is 0 Å². The van der Waals surface area contributed by atoms with E-state index in [1.54, 1.807) is 0 Å². The third kappa shape index (κ3) is 2.41. The Morgan fingerprint density at radius 2 is 2.20 bits per heavy atom. The zero-order chi connectivity index (χ0) is 10.8. The van der Waals surface area contributed by atoms with Crippen LogP contribution < -0.4 is 5.32 Å². The van der Waals surface area contributed by atoms with Crippen molar-refractivity contribution in [1.29, 1.82) is 0 Å². The first-order valence-corrected chi connectivity index (χ1v) is 5.93. The van der Waals surface area contributed by atoms with Gasteiger partial charge in [0.15, 0.2) is 0 Å². The zero-order valence-electron chi connectivity index (χ0n) is 8.97. The number of aromatic nitrogens is 1. The van der Waals surface area contributed by atoms with Gasteiger partial charge in [0.25, 0.3) is 0 Å². The minimum atomic E-state index is 0.501. The van der Waals surface area contributed by atoms with Crippen molar-refractivity contribution in [3.8, 4) is 0 Å². The van der Waals surface area contributed by atoms with Crippen LogP contribution >= 0.6 is 15.9 Å². The number of rotatable bonds is 3. The van der Waals surface area contributed by atoms with E-state index in [4.69, 9.17) is 0 Å². The third-order valence-electron chi connectivity index (χ3n) is 2.66. The number of aromatic amines is 1. The Labute approximate surface area is 98.2 Å². The van der Waals surface area contributed by atoms with Crippen molar-refractivity contribution in [2.24, 2.45) is 0 Å². The molecule has 0 fully saturated rings. The van der Waals surface area contributed by atoms with Crippen molar-refractivity contribution in [3.05, 3.63) is 34.4 Å². The highest BCUT2D eigenvalue weighted by Crippen LogP contribution is 2.20. The van der Waals surface area contributed by atoms with Gasteiger partial charge in [-0.2, -0.15) is 0 Å². The second-order valence-corrected chi connectivity index (χ2v) is 4.84. The number of hydrogen-bond acceptors (Lipinski definition) is 1. The van der Waals surface area contributed by atoms with E-state index in [0.29, 0.717) is 6.04 Å². The largest absolute Gasteiger partial charge is 0.358 e. The average Bonchev–Trinajstić information content (AvgIpc) is 2.59. The van der Waals surface area contributed by atoms with Gasteiger partial charge in [-0.3, -0.25) is 0 Å². The molecule has 0 radical (unpaired) electrons. The Balaban J connectivity index is 2.30. The molecule has 3 heteroatoms. The second-order valence-electron chi connectivity index (χ2n) is 3.92. The zero-order valence-corrected chi connectivity index (χ0v) is 10.6. The number of nitrogens with one attached hydrogen (secondary N) is 2. The highest BCUT2D eigenvalue weighted by atomic mass is 79.9. The lowest BCUT2D eigenvalue weighted by molar-refractivity contribution is 0.603. The number of halogens is 1. The van der Waals surface area contributed by atoms with Gasteiger partial charge in [-0.05, 0) is 37.6 Å². The normalized spacial score (nSPS) is 13.3. The number of H-pyrrole nitrogens is 1. The summed E-state index contributed by atoms with van der Waals surface area (Å²) in [6, 6.07) is 9.03. The fourth-order valence-corrected chi connectivity index (χ4v) is 2.06. The molecule has 1 heterocycles. The number of likely N-dealkylation sites (N-methyl/N-ethyl adjacent to an activating group) is 1. The molecule has 2 nitrogen and oxygen atoms in total. The van der Waals surface area contributed by atoms with Crippen LogP contribution in [0, 0.1) is 0 Å². The Hall–Kier alpha value is -0.800. The molecule has 1 atom stereocenters. The molecule has 0 aliphatic rings. The van der Waals surface area contributed by atoms with Crippen LogP contribution in [0.5, 0.6) is 0 Å². The van der Waals surface area contributed by atoms with E-state index >= 15 is 0 Å². The van der Waals surface area contributed by atoms with Crippen molar-refractivity contribution in [2.75, 3.05) is 7.05 Å². The van der Waals surface area contributed by atoms with Crippen LogP contribution in [0.1, 0.15) is 12.6 Å². The van der Waals surface area contributed by atoms with Crippen molar-refractivity contribution in [1.82, 2.24) is 10.3 Å². The molecule has 0 bridgehead atoms. The summed E-state index contributed by atoms with van der Waals surface area (Å²) < 4.78 is 1.12. The van der Waals surface area contributed by atoms with E-state index in [2.05, 4.69) is 57.4 Å². The first-order chi connectivity index (χ1) is 7.19. The molecule has 0 amide bonds. The average molecular weight is 267 g/mol. The number of benzene rings is 1. The lowest BCUT2D eigenvalue weighted by Gasteiger charge is -2.07. The molecule has 80 valence electrons. The summed E-state index contributed by atoms with van der Waals surface area (Å²) >= 11 is 3.47. The fraction of sp³-hybridized carbons (Fsp3) is 0.333. The monoisotopic (exact) mass is 266 g/mol. The molecule has 1 aromatic carbocycles. The van der Waals surface area contributed by atoms with Crippen LogP contribution in [0.4, 0.5) is 0 Å². The maximum absolute atomic E-state index is 3.47. The molecular formula is C12H15BrN2. The molecular weight excluding hydrogens is 252 g/mol. The van der Waals surface area contributed by atoms with Gasteiger partial charge in [-0.25, -0.2) is 0 Å². The van der Waals surface area contributed by atoms with Gasteiger partial charge in [0, 0.05) is 28.1 Å². The standard InChI is InChI=1S/C12H15BrN2/c1-8(14-2)5-11-6-9-3-4-10(13)7-12(9)15-11/h3-4,6-8,14-15H,5H2,1-2H3. The minimum absolute atomic E-state index is 0.501. The molecule has 2 rings (SSSR count). The summed E-state index contributed by atoms with van der Waals surface area (Å²) in [5.41, 5.74) is 2.48. The SMILES string of the molecule is CNC(C)Cc1cc2ccc(Br)cc2[nH]1. The van der Waals surface area contributed by atoms with Crippen LogP contribution in [0.25, 0.3) is 10.9 Å². The molecule has 0 aliphatic carbocycles. The predicted molar refractivity (Wildman–Crippen MR) is 68.2 cm³/mol. The van der Waals surface area contributed by atoms with Crippen LogP contribution in [-0.4, -0.2) is 18.1 Å². The molecule has 15 heavy (non-hydrogen) atoms. The molecule has 2 aromatic rings. The molecule has 0 aliphatic heterocycles. The summed E-state index contributed by atoms with van der Waals surface area (Å²) in [5.74, 6) is 0. The van der Waals surface area contributed by atoms with Gasteiger partial charge >= 0.3 is 0 Å². The highest BCUT2D eigenvalue weighted by molar-refractivity contribution is 9.10. The highest BCUT2D eigenvalue weighted by Gasteiger charge is 2.04. The Morgan fingerprint density at radius 3 is 2.93 bits per heavy atom. The lowest BCUT2D eigenvalue weighted by atomic mass is 10.2. The Morgan fingerprint density at radius 1 is 1.40 bits per heavy atom. The molecule has 2 N–H and O–H groups in total. The third-order valence-corrected chi connectivity index (χ3v) is 3.15. The van der Waals surface area contributed by atoms with Crippen LogP contribution in [0.2, 0.25) is 0 Å². The number of fused-ring (bicyclic) bond motifs is 1. The Kier molecular flexibility index (Phi) is 3.12. The summed E-state index contributed by atoms with van der Waals surface area (Å²) in [6.07, 6.45) is 1.03. The molecule has 1 aromatic heterocycles. The van der Waals surface area contributed by atoms with Gasteiger partial charge in [0.05, 0.1) is 0 Å². The van der Waals surface area contributed by atoms with E-state index in [9.17, 15) is 0 Å². The molecule has 1 unspecified atom stereocenters. The first-order valence-electron chi connectivity index (χ1n) is 5.13. The van der Waals surface area contributed by atoms with E-state index < -0.39 is 0 Å². The molecule has 0 saturated carbocycles. The fourth-order valence-electron chi connectivity index (χ4n) is 1.70. The van der Waals surface area contributed by atoms with Gasteiger partial charge in [0.2, 0.25) is 0 Å². The quantitative estimate of drug-likeness (QED) is 0.878. The van der Waals surface area contributed by atoms with Crippen molar-refractivity contribution in [2.45, 2.75) is 19.4 Å². The van der Waals surface area contributed by atoms with Crippen molar-refractivity contribution in [3.63, 3.8) is 0 Å². The molecule has 0 saturated heterocycles. The summed E-state index contributed by atoms with van der Waals surface area (Å²) in [6.45, 7) is 2.18. The second kappa shape index (κ2) is 4.37. The molecule has 0 spiro atoms. The van der Waals surface area contributed by atoms with Crippen LogP contribution in [-0.2, 0) is 6.42 Å². The van der Waals surface area contributed by atoms with E-state index in [0.717, 1.165) is 10.9 Å². The van der Waals surface area contributed by atoms with Crippen LogP contribution in [0.3, 0.4) is 0 Å². The number of hydrogen-bond donors (Lipinski definition) is 2. The van der Waals surface area contributed by atoms with Crippen molar-refractivity contribution >= 4 is 26.8 Å². The van der Waals surface area contributed by atoms with E-state index in [-0.39, 0.29) is 0 Å². The first kappa shape index (κ1) is 10.7. The summed E-state index contributed by atoms with van der Waals surface area (Å²) in [7, 11) is 1.99. The summed E-state index contributed by atoms with van der Waals surface area (Å²) in [5, 5.41) is 4.51. The van der Waals surface area contributed by atoms with Crippen molar-refractivity contribution < 1.29 is 0 Å². The van der Waals surface area contributed by atoms with E-state index in [1.807, 2.05) is 7.05 Å². The smallest absolute Gasteiger partial charge is 0.0467 e.